The molecule has 0 bridgehead atoms. The van der Waals surface area contributed by atoms with Crippen LogP contribution in [0.3, 0.4) is 0 Å². The maximum Gasteiger partial charge on any atom is 0.271 e. The molecule has 0 unspecified atom stereocenters. The van der Waals surface area contributed by atoms with E-state index in [0.29, 0.717) is 17.9 Å². The summed E-state index contributed by atoms with van der Waals surface area (Å²) in [7, 11) is -3.67. The minimum Gasteiger partial charge on any atom is -0.457 e. The largest absolute Gasteiger partial charge is 0.457 e. The fourth-order valence-corrected chi connectivity index (χ4v) is 6.32. The van der Waals surface area contributed by atoms with Gasteiger partial charge in [0.15, 0.2) is 0 Å². The van der Waals surface area contributed by atoms with Crippen LogP contribution in [0.4, 0.5) is 5.69 Å². The number of para-hydroxylation sites is 1. The highest BCUT2D eigenvalue weighted by Gasteiger charge is 2.21. The summed E-state index contributed by atoms with van der Waals surface area (Å²) < 4.78 is 36.9. The van der Waals surface area contributed by atoms with Crippen LogP contribution < -0.4 is 9.46 Å². The highest BCUT2D eigenvalue weighted by molar-refractivity contribution is 9.11. The lowest BCUT2D eigenvalue weighted by atomic mass is 10.2. The number of rotatable bonds is 7. The van der Waals surface area contributed by atoms with Crippen LogP contribution in [-0.4, -0.2) is 18.2 Å². The van der Waals surface area contributed by atoms with E-state index in [1.165, 1.54) is 0 Å². The van der Waals surface area contributed by atoms with Crippen molar-refractivity contribution in [3.05, 3.63) is 87.5 Å². The minimum absolute atomic E-state index is 0.247. The number of nitrogens with zero attached hydrogens (tertiary/aromatic N) is 2. The molecule has 2 heterocycles. The SMILES string of the molecule is Cc1nn(Cc2cccc(Oc3ccccc3)c2)c(C)c1NS(=O)(=O)c1ccc(Br)s1. The predicted molar refractivity (Wildman–Crippen MR) is 127 cm³/mol. The number of hydrogen-bond acceptors (Lipinski definition) is 5. The molecule has 4 aromatic rings. The molecule has 4 rings (SSSR count). The summed E-state index contributed by atoms with van der Waals surface area (Å²) in [5.74, 6) is 1.50. The van der Waals surface area contributed by atoms with Gasteiger partial charge in [-0.15, -0.1) is 11.3 Å². The van der Waals surface area contributed by atoms with Crippen molar-refractivity contribution in [2.45, 2.75) is 24.6 Å². The highest BCUT2D eigenvalue weighted by atomic mass is 79.9. The number of aromatic nitrogens is 2. The third-order valence-electron chi connectivity index (χ3n) is 4.64. The first-order chi connectivity index (χ1) is 14.8. The van der Waals surface area contributed by atoms with Crippen molar-refractivity contribution in [3.8, 4) is 11.5 Å². The van der Waals surface area contributed by atoms with E-state index in [2.05, 4.69) is 25.8 Å². The second-order valence-electron chi connectivity index (χ2n) is 6.93. The number of nitrogens with one attached hydrogen (secondary N) is 1. The summed E-state index contributed by atoms with van der Waals surface area (Å²) in [5, 5.41) is 4.55. The summed E-state index contributed by atoms with van der Waals surface area (Å²) >= 11 is 4.47. The molecule has 0 spiro atoms. The predicted octanol–water partition coefficient (Wildman–Crippen LogP) is 5.97. The Balaban J connectivity index is 1.55. The van der Waals surface area contributed by atoms with Gasteiger partial charge in [-0.3, -0.25) is 9.40 Å². The van der Waals surface area contributed by atoms with Crippen LogP contribution in [0.5, 0.6) is 11.5 Å². The van der Waals surface area contributed by atoms with Crippen LogP contribution >= 0.6 is 27.3 Å². The van der Waals surface area contributed by atoms with Gasteiger partial charge < -0.3 is 4.74 Å². The van der Waals surface area contributed by atoms with E-state index in [1.807, 2.05) is 61.5 Å². The normalized spacial score (nSPS) is 11.5. The van der Waals surface area contributed by atoms with Crippen LogP contribution in [0, 0.1) is 13.8 Å². The summed E-state index contributed by atoms with van der Waals surface area (Å²) in [5.41, 5.74) is 2.86. The quantitative estimate of drug-likeness (QED) is 0.328. The Bertz CT molecular complexity index is 1320. The Kier molecular flexibility index (Phi) is 6.17. The molecule has 9 heteroatoms. The molecule has 6 nitrogen and oxygen atoms in total. The number of benzene rings is 2. The molecule has 1 N–H and O–H groups in total. The lowest BCUT2D eigenvalue weighted by Crippen LogP contribution is -2.13. The lowest BCUT2D eigenvalue weighted by molar-refractivity contribution is 0.481. The number of hydrogen-bond donors (Lipinski definition) is 1. The van der Waals surface area contributed by atoms with Gasteiger partial charge in [-0.1, -0.05) is 30.3 Å². The second-order valence-corrected chi connectivity index (χ2v) is 11.3. The molecule has 0 aliphatic rings. The zero-order chi connectivity index (χ0) is 22.0. The van der Waals surface area contributed by atoms with E-state index in [0.717, 1.165) is 37.9 Å². The van der Waals surface area contributed by atoms with Gasteiger partial charge in [-0.2, -0.15) is 5.10 Å². The Hall–Kier alpha value is -2.62. The van der Waals surface area contributed by atoms with Gasteiger partial charge in [0.05, 0.1) is 27.4 Å². The van der Waals surface area contributed by atoms with Crippen LogP contribution in [0.15, 0.2) is 74.7 Å². The first-order valence-electron chi connectivity index (χ1n) is 9.46. The summed E-state index contributed by atoms with van der Waals surface area (Å²) in [6.07, 6.45) is 0. The molecule has 0 saturated heterocycles. The average molecular weight is 518 g/mol. The van der Waals surface area contributed by atoms with E-state index in [9.17, 15) is 8.42 Å². The van der Waals surface area contributed by atoms with Crippen molar-refractivity contribution in [1.82, 2.24) is 9.78 Å². The highest BCUT2D eigenvalue weighted by Crippen LogP contribution is 2.30. The number of thiophene rings is 1. The van der Waals surface area contributed by atoms with E-state index in [4.69, 9.17) is 4.74 Å². The molecular weight excluding hydrogens is 498 g/mol. The zero-order valence-corrected chi connectivity index (χ0v) is 20.1. The van der Waals surface area contributed by atoms with Crippen molar-refractivity contribution in [2.24, 2.45) is 0 Å². The van der Waals surface area contributed by atoms with Gasteiger partial charge in [-0.25, -0.2) is 8.42 Å². The first kappa shape index (κ1) is 21.6. The van der Waals surface area contributed by atoms with Crippen molar-refractivity contribution in [1.29, 1.82) is 0 Å². The molecule has 0 atom stereocenters. The summed E-state index contributed by atoms with van der Waals surface area (Å²) in [4.78, 5) is 0. The molecule has 0 fully saturated rings. The van der Waals surface area contributed by atoms with Crippen LogP contribution in [-0.2, 0) is 16.6 Å². The van der Waals surface area contributed by atoms with Gasteiger partial charge >= 0.3 is 0 Å². The van der Waals surface area contributed by atoms with Crippen molar-refractivity contribution in [3.63, 3.8) is 0 Å². The molecule has 31 heavy (non-hydrogen) atoms. The van der Waals surface area contributed by atoms with Crippen LogP contribution in [0.2, 0.25) is 0 Å². The number of sulfonamides is 1. The molecule has 2 aromatic carbocycles. The molecule has 2 aromatic heterocycles. The van der Waals surface area contributed by atoms with Gasteiger partial charge in [0.2, 0.25) is 0 Å². The third kappa shape index (κ3) is 5.00. The topological polar surface area (TPSA) is 73.2 Å². The standard InChI is InChI=1S/C22H20BrN3O3S2/c1-15-22(25-31(27,28)21-12-11-20(23)30-21)16(2)26(24-15)14-17-7-6-10-19(13-17)29-18-8-4-3-5-9-18/h3-13,25H,14H2,1-2H3. The number of anilines is 1. The number of aryl methyl sites for hydroxylation is 1. The zero-order valence-electron chi connectivity index (χ0n) is 16.9. The van der Waals surface area contributed by atoms with E-state index < -0.39 is 10.0 Å². The average Bonchev–Trinajstić information content (AvgIpc) is 3.29. The lowest BCUT2D eigenvalue weighted by Gasteiger charge is -2.10. The molecule has 0 amide bonds. The maximum atomic E-state index is 12.7. The molecule has 0 aliphatic heterocycles. The third-order valence-corrected chi connectivity index (χ3v) is 8.11. The molecule has 0 aliphatic carbocycles. The Morgan fingerprint density at radius 2 is 1.77 bits per heavy atom. The van der Waals surface area contributed by atoms with E-state index in [-0.39, 0.29) is 4.21 Å². The molecule has 0 saturated carbocycles. The fourth-order valence-electron chi connectivity index (χ4n) is 3.13. The molecular formula is C22H20BrN3O3S2. The summed E-state index contributed by atoms with van der Waals surface area (Å²) in [6, 6.07) is 20.6. The number of halogens is 1. The van der Waals surface area contributed by atoms with E-state index in [1.54, 1.807) is 23.7 Å². The van der Waals surface area contributed by atoms with Gasteiger partial charge in [-0.05, 0) is 71.7 Å². The van der Waals surface area contributed by atoms with Crippen LogP contribution in [0.25, 0.3) is 0 Å². The van der Waals surface area contributed by atoms with Gasteiger partial charge in [0, 0.05) is 0 Å². The fraction of sp³-hybridized carbons (Fsp3) is 0.136. The van der Waals surface area contributed by atoms with E-state index >= 15 is 0 Å². The Morgan fingerprint density at radius 1 is 1.03 bits per heavy atom. The summed E-state index contributed by atoms with van der Waals surface area (Å²) in [6.45, 7) is 4.14. The first-order valence-corrected chi connectivity index (χ1v) is 12.5. The van der Waals surface area contributed by atoms with Gasteiger partial charge in [0.25, 0.3) is 10.0 Å². The smallest absolute Gasteiger partial charge is 0.271 e. The second kappa shape index (κ2) is 8.86. The minimum atomic E-state index is -3.67. The maximum absolute atomic E-state index is 12.7. The Morgan fingerprint density at radius 3 is 2.48 bits per heavy atom. The Labute approximate surface area is 193 Å². The van der Waals surface area contributed by atoms with Gasteiger partial charge in [0.1, 0.15) is 15.7 Å². The van der Waals surface area contributed by atoms with Crippen LogP contribution in [0.1, 0.15) is 17.0 Å². The molecule has 0 radical (unpaired) electrons. The molecule has 160 valence electrons. The van der Waals surface area contributed by atoms with Crippen molar-refractivity contribution in [2.75, 3.05) is 4.72 Å². The monoisotopic (exact) mass is 517 g/mol. The van der Waals surface area contributed by atoms with Crippen molar-refractivity contribution >= 4 is 43.0 Å². The van der Waals surface area contributed by atoms with Crippen molar-refractivity contribution < 1.29 is 13.2 Å². The number of ether oxygens (including phenoxy) is 1.